The maximum absolute atomic E-state index is 2.75. The van der Waals surface area contributed by atoms with Gasteiger partial charge in [-0.15, -0.1) is 0 Å². The van der Waals surface area contributed by atoms with Gasteiger partial charge >= 0.3 is 0 Å². The summed E-state index contributed by atoms with van der Waals surface area (Å²) in [7, 11) is 0. The zero-order chi connectivity index (χ0) is 12.6. The molecule has 1 aliphatic carbocycles. The van der Waals surface area contributed by atoms with Crippen LogP contribution in [0.15, 0.2) is 30.3 Å². The maximum atomic E-state index is 2.75. The van der Waals surface area contributed by atoms with Gasteiger partial charge in [0.1, 0.15) is 0 Å². The molecule has 0 bridgehead atoms. The Bertz CT molecular complexity index is 393. The Morgan fingerprint density at radius 2 is 1.79 bits per heavy atom. The van der Waals surface area contributed by atoms with E-state index in [2.05, 4.69) is 49.1 Å². The summed E-state index contributed by atoms with van der Waals surface area (Å²) in [4.78, 5) is 2.75. The minimum absolute atomic E-state index is 0. The number of nitrogens with zero attached hydrogens (tertiary/aromatic N) is 1. The van der Waals surface area contributed by atoms with Gasteiger partial charge in [-0.2, -0.15) is 0 Å². The van der Waals surface area contributed by atoms with E-state index in [0.717, 1.165) is 12.0 Å². The number of piperidine rings is 1. The molecule has 0 aromatic heterocycles. The summed E-state index contributed by atoms with van der Waals surface area (Å²) in [5.74, 6) is 0.817. The minimum Gasteiger partial charge on any atom is -0.344 e. The summed E-state index contributed by atoms with van der Waals surface area (Å²) < 4.78 is 0. The molecule has 2 unspecified atom stereocenters. The van der Waals surface area contributed by atoms with Gasteiger partial charge in [-0.25, -0.2) is 0 Å². The number of likely N-dealkylation sites (tertiary alicyclic amines) is 1. The van der Waals surface area contributed by atoms with E-state index in [1.165, 1.54) is 38.8 Å². The second-order valence-corrected chi connectivity index (χ2v) is 6.52. The van der Waals surface area contributed by atoms with Crippen molar-refractivity contribution in [2.24, 2.45) is 5.41 Å². The van der Waals surface area contributed by atoms with Crippen LogP contribution >= 0.6 is 0 Å². The lowest BCUT2D eigenvalue weighted by Crippen LogP contribution is -2.40. The molecule has 1 aromatic rings. The topological polar surface area (TPSA) is 38.2 Å². The third kappa shape index (κ3) is 3.01. The van der Waals surface area contributed by atoms with Crippen LogP contribution in [0.4, 0.5) is 0 Å². The molecule has 1 aliphatic heterocycles. The van der Waals surface area contributed by atoms with E-state index >= 15 is 0 Å². The molecule has 0 amide bonds. The fourth-order valence-corrected chi connectivity index (χ4v) is 3.39. The smallest absolute Gasteiger partial charge is 0.0171 e. The fourth-order valence-electron chi connectivity index (χ4n) is 3.39. The van der Waals surface area contributed by atoms with Gasteiger partial charge in [0, 0.05) is 12.0 Å². The first-order valence-corrected chi connectivity index (χ1v) is 7.51. The maximum Gasteiger partial charge on any atom is 0.0171 e. The molecule has 2 fully saturated rings. The van der Waals surface area contributed by atoms with Crippen LogP contribution in [0.5, 0.6) is 0 Å². The molecule has 19 heavy (non-hydrogen) atoms. The van der Waals surface area contributed by atoms with Crippen LogP contribution in [0.3, 0.4) is 0 Å². The van der Waals surface area contributed by atoms with Gasteiger partial charge in [0.15, 0.2) is 0 Å². The van der Waals surface area contributed by atoms with Crippen LogP contribution in [0, 0.1) is 5.41 Å². The number of hydrogen-bond acceptors (Lipinski definition) is 2. The zero-order valence-corrected chi connectivity index (χ0v) is 12.4. The summed E-state index contributed by atoms with van der Waals surface area (Å²) in [6, 6.07) is 11.9. The van der Waals surface area contributed by atoms with Crippen molar-refractivity contribution in [3.05, 3.63) is 35.9 Å². The molecule has 2 heteroatoms. The van der Waals surface area contributed by atoms with Crippen LogP contribution in [0.25, 0.3) is 0 Å². The van der Waals surface area contributed by atoms with Gasteiger partial charge in [-0.1, -0.05) is 50.6 Å². The van der Waals surface area contributed by atoms with Gasteiger partial charge in [0.2, 0.25) is 0 Å². The Morgan fingerprint density at radius 1 is 1.16 bits per heavy atom. The number of benzene rings is 1. The van der Waals surface area contributed by atoms with Gasteiger partial charge in [0.05, 0.1) is 0 Å². The minimum atomic E-state index is 0. The lowest BCUT2D eigenvalue weighted by atomic mass is 9.78. The Kier molecular flexibility index (Phi) is 4.32. The van der Waals surface area contributed by atoms with Crippen molar-refractivity contribution in [1.82, 2.24) is 11.1 Å². The molecular formula is C17H28N2. The predicted molar refractivity (Wildman–Crippen MR) is 81.8 cm³/mol. The highest BCUT2D eigenvalue weighted by Crippen LogP contribution is 2.47. The van der Waals surface area contributed by atoms with Crippen molar-refractivity contribution in [2.75, 3.05) is 13.1 Å². The van der Waals surface area contributed by atoms with E-state index in [4.69, 9.17) is 0 Å². The van der Waals surface area contributed by atoms with Crippen molar-refractivity contribution in [2.45, 2.75) is 51.5 Å². The molecular weight excluding hydrogens is 232 g/mol. The van der Waals surface area contributed by atoms with Gasteiger partial charge in [0.25, 0.3) is 0 Å². The highest BCUT2D eigenvalue weighted by atomic mass is 15.2. The van der Waals surface area contributed by atoms with E-state index in [0.29, 0.717) is 5.41 Å². The zero-order valence-electron chi connectivity index (χ0n) is 12.4. The third-order valence-corrected chi connectivity index (χ3v) is 5.31. The lowest BCUT2D eigenvalue weighted by Gasteiger charge is -2.39. The number of rotatable bonds is 3. The van der Waals surface area contributed by atoms with E-state index in [9.17, 15) is 0 Å². The summed E-state index contributed by atoms with van der Waals surface area (Å²) in [6.07, 6.45) is 5.50. The molecule has 0 spiro atoms. The molecule has 1 heterocycles. The van der Waals surface area contributed by atoms with E-state index in [1.54, 1.807) is 5.56 Å². The second-order valence-electron chi connectivity index (χ2n) is 6.52. The van der Waals surface area contributed by atoms with Gasteiger partial charge in [-0.05, 0) is 43.3 Å². The van der Waals surface area contributed by atoms with Crippen molar-refractivity contribution < 1.29 is 0 Å². The average Bonchev–Trinajstić information content (AvgIpc) is 3.21. The molecule has 3 N–H and O–H groups in total. The summed E-state index contributed by atoms with van der Waals surface area (Å²) in [6.45, 7) is 7.45. The van der Waals surface area contributed by atoms with Crippen LogP contribution < -0.4 is 6.15 Å². The molecule has 2 aliphatic rings. The molecule has 2 atom stereocenters. The normalized spacial score (nSPS) is 29.6. The average molecular weight is 260 g/mol. The van der Waals surface area contributed by atoms with Crippen molar-refractivity contribution >= 4 is 0 Å². The largest absolute Gasteiger partial charge is 0.344 e. The first-order chi connectivity index (χ1) is 8.72. The van der Waals surface area contributed by atoms with Crippen LogP contribution in [0.1, 0.15) is 51.0 Å². The highest BCUT2D eigenvalue weighted by molar-refractivity contribution is 5.27. The first-order valence-electron chi connectivity index (χ1n) is 7.51. The summed E-state index contributed by atoms with van der Waals surface area (Å²) >= 11 is 0. The van der Waals surface area contributed by atoms with Crippen LogP contribution in [0.2, 0.25) is 0 Å². The monoisotopic (exact) mass is 260 g/mol. The van der Waals surface area contributed by atoms with Crippen LogP contribution in [-0.4, -0.2) is 24.0 Å². The second kappa shape index (κ2) is 5.64. The van der Waals surface area contributed by atoms with Gasteiger partial charge in [-0.3, -0.25) is 4.90 Å². The molecule has 3 rings (SSSR count). The van der Waals surface area contributed by atoms with Crippen molar-refractivity contribution in [1.29, 1.82) is 0 Å². The molecule has 1 aromatic carbocycles. The Hall–Kier alpha value is -0.860. The van der Waals surface area contributed by atoms with Gasteiger partial charge < -0.3 is 6.15 Å². The van der Waals surface area contributed by atoms with E-state index in [1.807, 2.05) is 0 Å². The van der Waals surface area contributed by atoms with E-state index < -0.39 is 0 Å². The third-order valence-electron chi connectivity index (χ3n) is 5.31. The fraction of sp³-hybridized carbons (Fsp3) is 0.647. The molecule has 2 nitrogen and oxygen atoms in total. The Labute approximate surface area is 117 Å². The molecule has 1 saturated carbocycles. The van der Waals surface area contributed by atoms with Crippen molar-refractivity contribution in [3.8, 4) is 0 Å². The summed E-state index contributed by atoms with van der Waals surface area (Å²) in [5, 5.41) is 0. The lowest BCUT2D eigenvalue weighted by molar-refractivity contribution is 0.108. The Balaban J connectivity index is 0.00000133. The molecule has 106 valence electrons. The Morgan fingerprint density at radius 3 is 2.37 bits per heavy atom. The van der Waals surface area contributed by atoms with Crippen molar-refractivity contribution in [3.63, 3.8) is 0 Å². The summed E-state index contributed by atoms with van der Waals surface area (Å²) in [5.41, 5.74) is 2.17. The quantitative estimate of drug-likeness (QED) is 0.883. The van der Waals surface area contributed by atoms with E-state index in [-0.39, 0.29) is 6.15 Å². The predicted octanol–water partition coefficient (Wildman–Crippen LogP) is 4.22. The molecule has 1 saturated heterocycles. The highest BCUT2D eigenvalue weighted by Gasteiger charge is 2.44. The SMILES string of the molecule is CCC1(C)CCN(C2CC2c2ccccc2)CC1.N. The van der Waals surface area contributed by atoms with Crippen LogP contribution in [-0.2, 0) is 0 Å². The standard InChI is InChI=1S/C17H25N.H3N/c1-3-17(2)9-11-18(12-10-17)16-13-15(16)14-7-5-4-6-8-14;/h4-8,15-16H,3,9-13H2,1-2H3;1H3. The molecule has 0 radical (unpaired) electrons. The number of hydrogen-bond donors (Lipinski definition) is 1. The first kappa shape index (κ1) is 14.5.